The smallest absolute Gasteiger partial charge is 0.235 e. The lowest BCUT2D eigenvalue weighted by molar-refractivity contribution is 0.457. The molecule has 2 aromatic rings. The van der Waals surface area contributed by atoms with E-state index in [9.17, 15) is 0 Å². The van der Waals surface area contributed by atoms with Crippen molar-refractivity contribution >= 4 is 28.3 Å². The van der Waals surface area contributed by atoms with Crippen molar-refractivity contribution in [2.75, 3.05) is 19.0 Å². The van der Waals surface area contributed by atoms with Crippen LogP contribution in [-0.4, -0.2) is 24.1 Å². The zero-order valence-corrected chi connectivity index (χ0v) is 11.7. The molecule has 0 amide bonds. The van der Waals surface area contributed by atoms with Gasteiger partial charge < -0.3 is 9.64 Å². The van der Waals surface area contributed by atoms with Crippen LogP contribution in [-0.2, 0) is 0 Å². The predicted molar refractivity (Wildman–Crippen MR) is 75.6 cm³/mol. The van der Waals surface area contributed by atoms with E-state index >= 15 is 0 Å². The van der Waals surface area contributed by atoms with Crippen molar-refractivity contribution in [2.45, 2.75) is 0 Å². The van der Waals surface area contributed by atoms with E-state index in [4.69, 9.17) is 4.74 Å². The molecule has 0 aliphatic heterocycles. The topological polar surface area (TPSA) is 38.2 Å². The minimum Gasteiger partial charge on any atom is -0.438 e. The molecule has 0 saturated heterocycles. The molecule has 0 aliphatic carbocycles. The van der Waals surface area contributed by atoms with Crippen LogP contribution in [0.3, 0.4) is 0 Å². The van der Waals surface area contributed by atoms with Gasteiger partial charge in [0.2, 0.25) is 5.88 Å². The van der Waals surface area contributed by atoms with Crippen LogP contribution in [0, 0.1) is 3.57 Å². The van der Waals surface area contributed by atoms with Crippen LogP contribution in [0.5, 0.6) is 11.6 Å². The molecule has 0 atom stereocenters. The van der Waals surface area contributed by atoms with Crippen LogP contribution < -0.4 is 9.64 Å². The quantitative estimate of drug-likeness (QED) is 0.805. The summed E-state index contributed by atoms with van der Waals surface area (Å²) in [4.78, 5) is 10.0. The summed E-state index contributed by atoms with van der Waals surface area (Å²) in [6.07, 6.45) is 3.20. The number of aromatic nitrogens is 2. The maximum Gasteiger partial charge on any atom is 0.235 e. The zero-order valence-electron chi connectivity index (χ0n) is 9.59. The van der Waals surface area contributed by atoms with Crippen molar-refractivity contribution in [3.63, 3.8) is 0 Å². The van der Waals surface area contributed by atoms with Crippen molar-refractivity contribution in [3.8, 4) is 11.6 Å². The van der Waals surface area contributed by atoms with Crippen LogP contribution in [0.15, 0.2) is 36.8 Å². The summed E-state index contributed by atoms with van der Waals surface area (Å²) in [5, 5.41) is 0. The van der Waals surface area contributed by atoms with Gasteiger partial charge in [-0.25, -0.2) is 9.97 Å². The monoisotopic (exact) mass is 341 g/mol. The third-order valence-corrected chi connectivity index (χ3v) is 2.94. The second kappa shape index (κ2) is 5.31. The molecule has 0 radical (unpaired) electrons. The standard InChI is InChI=1S/C12H12IN3O/c1-16(2)9-3-5-10(6-4-9)17-12-11(13)7-14-8-15-12/h3-8H,1-2H3. The summed E-state index contributed by atoms with van der Waals surface area (Å²) < 4.78 is 6.56. The molecule has 0 bridgehead atoms. The van der Waals surface area contributed by atoms with Crippen molar-refractivity contribution in [1.29, 1.82) is 0 Å². The predicted octanol–water partition coefficient (Wildman–Crippen LogP) is 2.94. The van der Waals surface area contributed by atoms with Crippen LogP contribution in [0.1, 0.15) is 0 Å². The van der Waals surface area contributed by atoms with Gasteiger partial charge in [-0.05, 0) is 46.9 Å². The van der Waals surface area contributed by atoms with Crippen molar-refractivity contribution < 1.29 is 4.74 Å². The van der Waals surface area contributed by atoms with E-state index < -0.39 is 0 Å². The van der Waals surface area contributed by atoms with Crippen molar-refractivity contribution in [1.82, 2.24) is 9.97 Å². The molecule has 0 aliphatic rings. The van der Waals surface area contributed by atoms with Crippen LogP contribution in [0.25, 0.3) is 0 Å². The van der Waals surface area contributed by atoms with E-state index in [-0.39, 0.29) is 0 Å². The fraction of sp³-hybridized carbons (Fsp3) is 0.167. The highest BCUT2D eigenvalue weighted by molar-refractivity contribution is 14.1. The molecular formula is C12H12IN3O. The molecule has 0 fully saturated rings. The maximum absolute atomic E-state index is 5.67. The molecular weight excluding hydrogens is 329 g/mol. The van der Waals surface area contributed by atoms with Gasteiger partial charge >= 0.3 is 0 Å². The normalized spacial score (nSPS) is 10.1. The van der Waals surface area contributed by atoms with E-state index in [0.29, 0.717) is 5.88 Å². The molecule has 1 heterocycles. The summed E-state index contributed by atoms with van der Waals surface area (Å²) in [5.41, 5.74) is 1.13. The Morgan fingerprint density at radius 3 is 2.47 bits per heavy atom. The number of ether oxygens (including phenoxy) is 1. The van der Waals surface area contributed by atoms with Gasteiger partial charge in [-0.2, -0.15) is 0 Å². The maximum atomic E-state index is 5.67. The average molecular weight is 341 g/mol. The Morgan fingerprint density at radius 2 is 1.88 bits per heavy atom. The van der Waals surface area contributed by atoms with Crippen molar-refractivity contribution in [3.05, 3.63) is 40.4 Å². The molecule has 1 aromatic carbocycles. The number of halogens is 1. The minimum absolute atomic E-state index is 0.582. The van der Waals surface area contributed by atoms with Crippen molar-refractivity contribution in [2.24, 2.45) is 0 Å². The van der Waals surface area contributed by atoms with Gasteiger partial charge in [-0.15, -0.1) is 0 Å². The molecule has 5 heteroatoms. The highest BCUT2D eigenvalue weighted by Gasteiger charge is 2.04. The van der Waals surface area contributed by atoms with Crippen LogP contribution in [0.4, 0.5) is 5.69 Å². The van der Waals surface area contributed by atoms with Gasteiger partial charge in [0.1, 0.15) is 12.1 Å². The highest BCUT2D eigenvalue weighted by atomic mass is 127. The summed E-state index contributed by atoms with van der Waals surface area (Å²) in [7, 11) is 4.01. The van der Waals surface area contributed by atoms with Crippen LogP contribution >= 0.6 is 22.6 Å². The average Bonchev–Trinajstić information content (AvgIpc) is 2.33. The number of anilines is 1. The molecule has 4 nitrogen and oxygen atoms in total. The lowest BCUT2D eigenvalue weighted by atomic mass is 10.3. The molecule has 0 spiro atoms. The third kappa shape index (κ3) is 3.06. The van der Waals surface area contributed by atoms with Gasteiger partial charge in [0.05, 0.1) is 3.57 Å². The highest BCUT2D eigenvalue weighted by Crippen LogP contribution is 2.25. The second-order valence-corrected chi connectivity index (χ2v) is 4.83. The lowest BCUT2D eigenvalue weighted by Crippen LogP contribution is -2.07. The number of rotatable bonds is 3. The largest absolute Gasteiger partial charge is 0.438 e. The molecule has 0 N–H and O–H groups in total. The zero-order chi connectivity index (χ0) is 12.3. The van der Waals surface area contributed by atoms with Gasteiger partial charge in [0.25, 0.3) is 0 Å². The fourth-order valence-electron chi connectivity index (χ4n) is 1.30. The first-order valence-corrected chi connectivity index (χ1v) is 6.15. The molecule has 17 heavy (non-hydrogen) atoms. The fourth-order valence-corrected chi connectivity index (χ4v) is 1.71. The molecule has 1 aromatic heterocycles. The minimum atomic E-state index is 0.582. The summed E-state index contributed by atoms with van der Waals surface area (Å²) in [6, 6.07) is 7.85. The Kier molecular flexibility index (Phi) is 3.78. The van der Waals surface area contributed by atoms with Gasteiger partial charge in [-0.3, -0.25) is 0 Å². The Bertz CT molecular complexity index is 499. The first-order valence-electron chi connectivity index (χ1n) is 5.07. The number of nitrogens with zero attached hydrogens (tertiary/aromatic N) is 3. The molecule has 0 unspecified atom stereocenters. The summed E-state index contributed by atoms with van der Waals surface area (Å²) >= 11 is 2.15. The van der Waals surface area contributed by atoms with Crippen LogP contribution in [0.2, 0.25) is 0 Å². The van der Waals surface area contributed by atoms with E-state index in [2.05, 4.69) is 32.6 Å². The molecule has 88 valence electrons. The van der Waals surface area contributed by atoms with E-state index in [1.54, 1.807) is 6.20 Å². The van der Waals surface area contributed by atoms with E-state index in [0.717, 1.165) is 15.0 Å². The van der Waals surface area contributed by atoms with Gasteiger partial charge in [-0.1, -0.05) is 0 Å². The van der Waals surface area contributed by atoms with Gasteiger partial charge in [0, 0.05) is 26.0 Å². The summed E-state index contributed by atoms with van der Waals surface area (Å²) in [6.45, 7) is 0. The third-order valence-electron chi connectivity index (χ3n) is 2.20. The first-order chi connectivity index (χ1) is 8.16. The second-order valence-electron chi connectivity index (χ2n) is 3.67. The molecule has 2 rings (SSSR count). The Hall–Kier alpha value is -1.37. The number of hydrogen-bond acceptors (Lipinski definition) is 4. The van der Waals surface area contributed by atoms with E-state index in [1.165, 1.54) is 6.33 Å². The first kappa shape index (κ1) is 12.1. The number of hydrogen-bond donors (Lipinski definition) is 0. The Morgan fingerprint density at radius 1 is 1.18 bits per heavy atom. The number of benzene rings is 1. The van der Waals surface area contributed by atoms with Gasteiger partial charge in [0.15, 0.2) is 0 Å². The SMILES string of the molecule is CN(C)c1ccc(Oc2ncncc2I)cc1. The lowest BCUT2D eigenvalue weighted by Gasteiger charge is -2.12. The Balaban J connectivity index is 2.17. The Labute approximate surface area is 114 Å². The van der Waals surface area contributed by atoms with E-state index in [1.807, 2.05) is 43.3 Å². The molecule has 0 saturated carbocycles. The summed E-state index contributed by atoms with van der Waals surface area (Å²) in [5.74, 6) is 1.35.